The summed E-state index contributed by atoms with van der Waals surface area (Å²) in [7, 11) is 3.28. The monoisotopic (exact) mass is 408 g/mol. The van der Waals surface area contributed by atoms with E-state index in [1.165, 1.54) is 5.56 Å². The lowest BCUT2D eigenvalue weighted by Crippen LogP contribution is -2.52. The van der Waals surface area contributed by atoms with Gasteiger partial charge in [-0.1, -0.05) is 12.1 Å². The summed E-state index contributed by atoms with van der Waals surface area (Å²) < 4.78 is 10.7. The SMILES string of the molecule is COc1ccc(CN2CCN([C@@H](C)C(=O)Nc3cccc(C#N)c3)CC2)cc1OC. The first-order valence-corrected chi connectivity index (χ1v) is 10.0. The van der Waals surface area contributed by atoms with Crippen LogP contribution in [0.25, 0.3) is 0 Å². The van der Waals surface area contributed by atoms with Crippen molar-refractivity contribution in [1.29, 1.82) is 5.26 Å². The summed E-state index contributed by atoms with van der Waals surface area (Å²) in [6.45, 7) is 6.16. The molecule has 1 heterocycles. The van der Waals surface area contributed by atoms with E-state index in [1.807, 2.05) is 19.1 Å². The second kappa shape index (κ2) is 10.1. The largest absolute Gasteiger partial charge is 0.493 e. The third kappa shape index (κ3) is 5.29. The van der Waals surface area contributed by atoms with Crippen LogP contribution in [-0.2, 0) is 11.3 Å². The highest BCUT2D eigenvalue weighted by atomic mass is 16.5. The number of nitrogens with one attached hydrogen (secondary N) is 1. The molecule has 0 bridgehead atoms. The number of rotatable bonds is 7. The van der Waals surface area contributed by atoms with Crippen LogP contribution in [0.15, 0.2) is 42.5 Å². The van der Waals surface area contributed by atoms with Gasteiger partial charge in [0.25, 0.3) is 0 Å². The number of amides is 1. The van der Waals surface area contributed by atoms with Crippen LogP contribution in [-0.4, -0.2) is 62.1 Å². The Morgan fingerprint density at radius 3 is 2.50 bits per heavy atom. The van der Waals surface area contributed by atoms with Crippen molar-refractivity contribution in [1.82, 2.24) is 9.80 Å². The van der Waals surface area contributed by atoms with E-state index in [-0.39, 0.29) is 11.9 Å². The van der Waals surface area contributed by atoms with E-state index in [0.717, 1.165) is 44.2 Å². The van der Waals surface area contributed by atoms with Crippen molar-refractivity contribution in [3.8, 4) is 17.6 Å². The maximum Gasteiger partial charge on any atom is 0.241 e. The zero-order valence-corrected chi connectivity index (χ0v) is 17.7. The highest BCUT2D eigenvalue weighted by Gasteiger charge is 2.25. The number of hydrogen-bond acceptors (Lipinski definition) is 6. The molecule has 7 nitrogen and oxygen atoms in total. The van der Waals surface area contributed by atoms with E-state index >= 15 is 0 Å². The summed E-state index contributed by atoms with van der Waals surface area (Å²) in [6.07, 6.45) is 0. The fourth-order valence-corrected chi connectivity index (χ4v) is 3.62. The number of ether oxygens (including phenoxy) is 2. The smallest absolute Gasteiger partial charge is 0.241 e. The van der Waals surface area contributed by atoms with E-state index in [2.05, 4.69) is 27.3 Å². The lowest BCUT2D eigenvalue weighted by atomic mass is 10.1. The van der Waals surface area contributed by atoms with Gasteiger partial charge in [0.15, 0.2) is 11.5 Å². The molecule has 1 fully saturated rings. The van der Waals surface area contributed by atoms with E-state index in [9.17, 15) is 4.79 Å². The molecule has 1 N–H and O–H groups in total. The van der Waals surface area contributed by atoms with Gasteiger partial charge in [-0.05, 0) is 42.8 Å². The molecule has 0 aliphatic carbocycles. The predicted octanol–water partition coefficient (Wildman–Crippen LogP) is 2.72. The van der Waals surface area contributed by atoms with E-state index in [0.29, 0.717) is 11.3 Å². The molecule has 0 radical (unpaired) electrons. The van der Waals surface area contributed by atoms with Crippen LogP contribution in [0.3, 0.4) is 0 Å². The van der Waals surface area contributed by atoms with Gasteiger partial charge in [0.1, 0.15) is 0 Å². The molecule has 2 aromatic carbocycles. The van der Waals surface area contributed by atoms with Gasteiger partial charge in [0.05, 0.1) is 31.9 Å². The molecule has 0 saturated carbocycles. The van der Waals surface area contributed by atoms with Crippen LogP contribution in [0.4, 0.5) is 5.69 Å². The highest BCUT2D eigenvalue weighted by Crippen LogP contribution is 2.28. The molecule has 0 spiro atoms. The van der Waals surface area contributed by atoms with Gasteiger partial charge in [-0.3, -0.25) is 14.6 Å². The van der Waals surface area contributed by atoms with Gasteiger partial charge in [0, 0.05) is 38.4 Å². The number of hydrogen-bond donors (Lipinski definition) is 1. The minimum absolute atomic E-state index is 0.0570. The Morgan fingerprint density at radius 1 is 1.10 bits per heavy atom. The highest BCUT2D eigenvalue weighted by molar-refractivity contribution is 5.94. The minimum Gasteiger partial charge on any atom is -0.493 e. The van der Waals surface area contributed by atoms with Crippen LogP contribution in [0, 0.1) is 11.3 Å². The number of carbonyl (C=O) groups is 1. The predicted molar refractivity (Wildman–Crippen MR) is 116 cm³/mol. The van der Waals surface area contributed by atoms with Crippen LogP contribution in [0.2, 0.25) is 0 Å². The van der Waals surface area contributed by atoms with E-state index < -0.39 is 0 Å². The van der Waals surface area contributed by atoms with Crippen molar-refractivity contribution in [2.45, 2.75) is 19.5 Å². The molecule has 1 amide bonds. The van der Waals surface area contributed by atoms with Crippen LogP contribution >= 0.6 is 0 Å². The Bertz CT molecular complexity index is 917. The Morgan fingerprint density at radius 2 is 1.83 bits per heavy atom. The maximum atomic E-state index is 12.6. The number of methoxy groups -OCH3 is 2. The zero-order chi connectivity index (χ0) is 21.5. The van der Waals surface area contributed by atoms with Gasteiger partial charge in [-0.25, -0.2) is 0 Å². The molecular weight excluding hydrogens is 380 g/mol. The fourth-order valence-electron chi connectivity index (χ4n) is 3.62. The topological polar surface area (TPSA) is 77.8 Å². The molecule has 30 heavy (non-hydrogen) atoms. The molecule has 158 valence electrons. The molecule has 3 rings (SSSR count). The third-order valence-electron chi connectivity index (χ3n) is 5.45. The fraction of sp³-hybridized carbons (Fsp3) is 0.391. The van der Waals surface area contributed by atoms with Crippen molar-refractivity contribution in [2.75, 3.05) is 45.7 Å². The van der Waals surface area contributed by atoms with Crippen molar-refractivity contribution < 1.29 is 14.3 Å². The van der Waals surface area contributed by atoms with Crippen LogP contribution < -0.4 is 14.8 Å². The third-order valence-corrected chi connectivity index (χ3v) is 5.45. The van der Waals surface area contributed by atoms with Crippen LogP contribution in [0.5, 0.6) is 11.5 Å². The first-order chi connectivity index (χ1) is 14.5. The molecule has 0 aromatic heterocycles. The lowest BCUT2D eigenvalue weighted by molar-refractivity contribution is -0.121. The van der Waals surface area contributed by atoms with Crippen molar-refractivity contribution in [3.63, 3.8) is 0 Å². The lowest BCUT2D eigenvalue weighted by Gasteiger charge is -2.37. The van der Waals surface area contributed by atoms with Crippen molar-refractivity contribution >= 4 is 11.6 Å². The Hall–Kier alpha value is -3.08. The second-order valence-corrected chi connectivity index (χ2v) is 7.36. The number of carbonyl (C=O) groups excluding carboxylic acids is 1. The molecular formula is C23H28N4O3. The normalized spacial score (nSPS) is 15.8. The Kier molecular flexibility index (Phi) is 7.28. The summed E-state index contributed by atoms with van der Waals surface area (Å²) in [4.78, 5) is 17.2. The molecule has 1 aliphatic heterocycles. The van der Waals surface area contributed by atoms with Crippen molar-refractivity contribution in [2.24, 2.45) is 0 Å². The number of benzene rings is 2. The maximum absolute atomic E-state index is 12.6. The van der Waals surface area contributed by atoms with Crippen LogP contribution in [0.1, 0.15) is 18.1 Å². The average molecular weight is 409 g/mol. The number of anilines is 1. The quantitative estimate of drug-likeness (QED) is 0.759. The summed E-state index contributed by atoms with van der Waals surface area (Å²) in [5.41, 5.74) is 2.35. The standard InChI is InChI=1S/C23H28N4O3/c1-17(23(28)25-20-6-4-5-18(13-20)15-24)27-11-9-26(10-12-27)16-19-7-8-21(29-2)22(14-19)30-3/h4-8,13-14,17H,9-12,16H2,1-3H3,(H,25,28)/t17-/m0/s1. The summed E-state index contributed by atoms with van der Waals surface area (Å²) in [5, 5.41) is 11.9. The summed E-state index contributed by atoms with van der Waals surface area (Å²) in [6, 6.07) is 14.8. The molecule has 1 aliphatic rings. The second-order valence-electron chi connectivity index (χ2n) is 7.36. The molecule has 1 saturated heterocycles. The minimum atomic E-state index is -0.237. The summed E-state index contributed by atoms with van der Waals surface area (Å²) >= 11 is 0. The summed E-state index contributed by atoms with van der Waals surface area (Å²) in [5.74, 6) is 1.41. The van der Waals surface area contributed by atoms with Gasteiger partial charge < -0.3 is 14.8 Å². The Balaban J connectivity index is 1.52. The molecule has 1 atom stereocenters. The first-order valence-electron chi connectivity index (χ1n) is 10.0. The average Bonchev–Trinajstić information content (AvgIpc) is 2.79. The van der Waals surface area contributed by atoms with Gasteiger partial charge in [-0.15, -0.1) is 0 Å². The van der Waals surface area contributed by atoms with E-state index in [1.54, 1.807) is 38.5 Å². The Labute approximate surface area is 177 Å². The van der Waals surface area contributed by atoms with Gasteiger partial charge in [0.2, 0.25) is 5.91 Å². The van der Waals surface area contributed by atoms with Gasteiger partial charge >= 0.3 is 0 Å². The number of nitriles is 1. The molecule has 7 heteroatoms. The number of piperazine rings is 1. The van der Waals surface area contributed by atoms with Gasteiger partial charge in [-0.2, -0.15) is 5.26 Å². The first kappa shape index (κ1) is 21.6. The molecule has 0 unspecified atom stereocenters. The number of nitrogens with zero attached hydrogens (tertiary/aromatic N) is 3. The molecule has 2 aromatic rings. The van der Waals surface area contributed by atoms with Crippen molar-refractivity contribution in [3.05, 3.63) is 53.6 Å². The zero-order valence-electron chi connectivity index (χ0n) is 17.7. The van der Waals surface area contributed by atoms with E-state index in [4.69, 9.17) is 14.7 Å².